The number of nitriles is 1. The lowest BCUT2D eigenvalue weighted by atomic mass is 9.84. The SMILES string of the molecule is C\C=C(/C=C\C=C(/C)C(C)(C)C(=O)NC(=S)N[C@@H](C)c1ccccc1F)CC#N. The number of benzene rings is 1. The summed E-state index contributed by atoms with van der Waals surface area (Å²) in [6.07, 6.45) is 7.74. The van der Waals surface area contributed by atoms with E-state index in [0.717, 1.165) is 11.1 Å². The number of amides is 1. The van der Waals surface area contributed by atoms with Gasteiger partial charge in [-0.05, 0) is 58.5 Å². The molecule has 1 aromatic rings. The summed E-state index contributed by atoms with van der Waals surface area (Å²) < 4.78 is 13.9. The van der Waals surface area contributed by atoms with Crippen molar-refractivity contribution in [1.82, 2.24) is 10.6 Å². The summed E-state index contributed by atoms with van der Waals surface area (Å²) in [4.78, 5) is 12.7. The van der Waals surface area contributed by atoms with Gasteiger partial charge in [0.15, 0.2) is 5.11 Å². The van der Waals surface area contributed by atoms with Crippen LogP contribution in [0, 0.1) is 22.6 Å². The average molecular weight is 414 g/mol. The van der Waals surface area contributed by atoms with Gasteiger partial charge in [-0.2, -0.15) is 5.26 Å². The molecule has 1 aromatic carbocycles. The zero-order chi connectivity index (χ0) is 22.0. The Balaban J connectivity index is 2.76. The van der Waals surface area contributed by atoms with Crippen LogP contribution in [0.5, 0.6) is 0 Å². The molecular weight excluding hydrogens is 385 g/mol. The maximum atomic E-state index is 13.9. The minimum atomic E-state index is -0.803. The van der Waals surface area contributed by atoms with Crippen LogP contribution in [0.15, 0.2) is 59.7 Å². The zero-order valence-electron chi connectivity index (χ0n) is 17.5. The molecule has 29 heavy (non-hydrogen) atoms. The molecule has 0 saturated carbocycles. The molecule has 0 unspecified atom stereocenters. The third kappa shape index (κ3) is 7.28. The van der Waals surface area contributed by atoms with Crippen LogP contribution in [-0.4, -0.2) is 11.0 Å². The molecule has 154 valence electrons. The van der Waals surface area contributed by atoms with Gasteiger partial charge in [0.25, 0.3) is 0 Å². The Morgan fingerprint density at radius 3 is 2.62 bits per heavy atom. The van der Waals surface area contributed by atoms with Crippen molar-refractivity contribution in [3.63, 3.8) is 0 Å². The number of hydrogen-bond donors (Lipinski definition) is 2. The first-order valence-corrected chi connectivity index (χ1v) is 9.78. The van der Waals surface area contributed by atoms with E-state index in [1.54, 1.807) is 39.0 Å². The molecule has 6 heteroatoms. The summed E-state index contributed by atoms with van der Waals surface area (Å²) in [7, 11) is 0. The van der Waals surface area contributed by atoms with Gasteiger partial charge in [0.1, 0.15) is 5.82 Å². The maximum Gasteiger partial charge on any atom is 0.235 e. The molecule has 0 aromatic heterocycles. The highest BCUT2D eigenvalue weighted by Crippen LogP contribution is 2.26. The molecule has 0 radical (unpaired) electrons. The zero-order valence-corrected chi connectivity index (χ0v) is 18.4. The first-order valence-electron chi connectivity index (χ1n) is 9.37. The lowest BCUT2D eigenvalue weighted by molar-refractivity contribution is -0.126. The number of halogens is 1. The van der Waals surface area contributed by atoms with Crippen LogP contribution < -0.4 is 10.6 Å². The quantitative estimate of drug-likeness (QED) is 0.472. The standard InChI is InChI=1S/C23H28FN3OS/c1-6-18(14-15-25)11-9-10-16(2)23(4,5)21(28)27-22(29)26-17(3)19-12-7-8-13-20(19)24/h6-13,17H,14H2,1-5H3,(H2,26,27,28,29)/b11-9-,16-10+,18-6+/t17-/m0/s1. The normalized spacial score (nSPS) is 13.7. The highest BCUT2D eigenvalue weighted by atomic mass is 32.1. The van der Waals surface area contributed by atoms with Crippen LogP contribution in [0.4, 0.5) is 4.39 Å². The third-order valence-corrected chi connectivity index (χ3v) is 5.03. The molecule has 4 nitrogen and oxygen atoms in total. The highest BCUT2D eigenvalue weighted by molar-refractivity contribution is 7.80. The monoisotopic (exact) mass is 413 g/mol. The van der Waals surface area contributed by atoms with Gasteiger partial charge in [-0.25, -0.2) is 4.39 Å². The van der Waals surface area contributed by atoms with Gasteiger partial charge in [-0.3, -0.25) is 4.79 Å². The van der Waals surface area contributed by atoms with Crippen LogP contribution >= 0.6 is 12.2 Å². The van der Waals surface area contributed by atoms with Gasteiger partial charge in [-0.15, -0.1) is 0 Å². The maximum absolute atomic E-state index is 13.9. The summed E-state index contributed by atoms with van der Waals surface area (Å²) in [6.45, 7) is 9.12. The molecular formula is C23H28FN3OS. The van der Waals surface area contributed by atoms with E-state index in [9.17, 15) is 9.18 Å². The predicted molar refractivity (Wildman–Crippen MR) is 119 cm³/mol. The minimum absolute atomic E-state index is 0.146. The summed E-state index contributed by atoms with van der Waals surface area (Å²) in [5.41, 5.74) is 1.42. The van der Waals surface area contributed by atoms with E-state index >= 15 is 0 Å². The summed E-state index contributed by atoms with van der Waals surface area (Å²) in [5.74, 6) is -0.592. The Labute approximate surface area is 178 Å². The van der Waals surface area contributed by atoms with Gasteiger partial charge in [-0.1, -0.05) is 48.1 Å². The Morgan fingerprint density at radius 2 is 2.03 bits per heavy atom. The Kier molecular flexibility index (Phi) is 9.43. The van der Waals surface area contributed by atoms with Crippen LogP contribution in [-0.2, 0) is 4.79 Å². The molecule has 0 aliphatic heterocycles. The number of hydrogen-bond acceptors (Lipinski definition) is 3. The molecule has 0 spiro atoms. The predicted octanol–water partition coefficient (Wildman–Crippen LogP) is 5.27. The van der Waals surface area contributed by atoms with Crippen LogP contribution in [0.2, 0.25) is 0 Å². The number of allylic oxidation sites excluding steroid dienone is 5. The summed E-state index contributed by atoms with van der Waals surface area (Å²) in [5, 5.41) is 14.6. The molecule has 0 aliphatic rings. The third-order valence-electron chi connectivity index (χ3n) is 4.81. The van der Waals surface area contributed by atoms with E-state index in [1.165, 1.54) is 6.07 Å². The Morgan fingerprint density at radius 1 is 1.38 bits per heavy atom. The smallest absolute Gasteiger partial charge is 0.235 e. The Bertz CT molecular complexity index is 878. The van der Waals surface area contributed by atoms with Crippen LogP contribution in [0.3, 0.4) is 0 Å². The molecule has 0 saturated heterocycles. The summed E-state index contributed by atoms with van der Waals surface area (Å²) >= 11 is 5.23. The fourth-order valence-corrected chi connectivity index (χ4v) is 2.72. The summed E-state index contributed by atoms with van der Waals surface area (Å²) in [6, 6.07) is 8.15. The topological polar surface area (TPSA) is 64.9 Å². The minimum Gasteiger partial charge on any atom is -0.356 e. The molecule has 0 heterocycles. The van der Waals surface area contributed by atoms with Crippen molar-refractivity contribution in [2.45, 2.75) is 47.1 Å². The van der Waals surface area contributed by atoms with E-state index in [-0.39, 0.29) is 22.9 Å². The number of rotatable bonds is 7. The van der Waals surface area contributed by atoms with Crippen molar-refractivity contribution in [2.75, 3.05) is 0 Å². The van der Waals surface area contributed by atoms with Gasteiger partial charge < -0.3 is 10.6 Å². The molecule has 1 atom stereocenters. The van der Waals surface area contributed by atoms with Gasteiger partial charge >= 0.3 is 0 Å². The molecule has 2 N–H and O–H groups in total. The van der Waals surface area contributed by atoms with E-state index in [0.29, 0.717) is 12.0 Å². The fourth-order valence-electron chi connectivity index (χ4n) is 2.45. The van der Waals surface area contributed by atoms with Gasteiger partial charge in [0, 0.05) is 5.56 Å². The second kappa shape index (κ2) is 11.3. The lowest BCUT2D eigenvalue weighted by Crippen LogP contribution is -2.46. The van der Waals surface area contributed by atoms with E-state index in [2.05, 4.69) is 16.7 Å². The number of carbonyl (C=O) groups excluding carboxylic acids is 1. The first-order chi connectivity index (χ1) is 13.6. The number of carbonyl (C=O) groups is 1. The molecule has 0 aliphatic carbocycles. The largest absolute Gasteiger partial charge is 0.356 e. The van der Waals surface area contributed by atoms with Gasteiger partial charge in [0.2, 0.25) is 5.91 Å². The van der Waals surface area contributed by atoms with Crippen molar-refractivity contribution in [2.24, 2.45) is 5.41 Å². The van der Waals surface area contributed by atoms with Crippen molar-refractivity contribution in [3.8, 4) is 6.07 Å². The molecule has 1 rings (SSSR count). The molecule has 0 bridgehead atoms. The number of thiocarbonyl (C=S) groups is 1. The second-order valence-electron chi connectivity index (χ2n) is 7.20. The first kappa shape index (κ1) is 24.3. The van der Waals surface area contributed by atoms with E-state index < -0.39 is 5.41 Å². The van der Waals surface area contributed by atoms with Crippen LogP contribution in [0.1, 0.15) is 52.6 Å². The van der Waals surface area contributed by atoms with Crippen molar-refractivity contribution < 1.29 is 9.18 Å². The average Bonchev–Trinajstić information content (AvgIpc) is 2.67. The lowest BCUT2D eigenvalue weighted by Gasteiger charge is -2.26. The van der Waals surface area contributed by atoms with E-state index in [1.807, 2.05) is 38.2 Å². The van der Waals surface area contributed by atoms with Crippen molar-refractivity contribution in [1.29, 1.82) is 5.26 Å². The fraction of sp³-hybridized carbons (Fsp3) is 0.348. The van der Waals surface area contributed by atoms with Crippen molar-refractivity contribution in [3.05, 3.63) is 71.1 Å². The van der Waals surface area contributed by atoms with Crippen LogP contribution in [0.25, 0.3) is 0 Å². The second-order valence-corrected chi connectivity index (χ2v) is 7.61. The highest BCUT2D eigenvalue weighted by Gasteiger charge is 2.30. The Hall–Kier alpha value is -2.78. The van der Waals surface area contributed by atoms with E-state index in [4.69, 9.17) is 17.5 Å². The number of nitrogens with zero attached hydrogens (tertiary/aromatic N) is 1. The van der Waals surface area contributed by atoms with Crippen molar-refractivity contribution >= 4 is 23.2 Å². The number of nitrogens with one attached hydrogen (secondary N) is 2. The van der Waals surface area contributed by atoms with Gasteiger partial charge in [0.05, 0.1) is 23.9 Å². The molecule has 0 fully saturated rings. The molecule has 1 amide bonds.